The Morgan fingerprint density at radius 2 is 2.17 bits per heavy atom. The summed E-state index contributed by atoms with van der Waals surface area (Å²) in [4.78, 5) is 10.9. The molecule has 0 atom stereocenters. The Bertz CT molecular complexity index is 315. The first kappa shape index (κ1) is 14.9. The molecule has 0 saturated heterocycles. The van der Waals surface area contributed by atoms with Crippen LogP contribution in [0.2, 0.25) is 0 Å². The van der Waals surface area contributed by atoms with E-state index in [2.05, 4.69) is 27.1 Å². The first-order valence-electron chi connectivity index (χ1n) is 6.49. The van der Waals surface area contributed by atoms with Crippen LogP contribution in [-0.2, 0) is 11.3 Å². The summed E-state index contributed by atoms with van der Waals surface area (Å²) in [6.45, 7) is 5.65. The van der Waals surface area contributed by atoms with E-state index in [4.69, 9.17) is 4.74 Å². The molecule has 18 heavy (non-hydrogen) atoms. The third-order valence-electron chi connectivity index (χ3n) is 2.66. The summed E-state index contributed by atoms with van der Waals surface area (Å²) in [5.74, 6) is 0.908. The summed E-state index contributed by atoms with van der Waals surface area (Å²) in [6.07, 6.45) is 5.79. The van der Waals surface area contributed by atoms with Gasteiger partial charge in [-0.25, -0.2) is 4.98 Å². The van der Waals surface area contributed by atoms with Crippen molar-refractivity contribution in [2.75, 3.05) is 38.8 Å². The van der Waals surface area contributed by atoms with Crippen LogP contribution in [0.3, 0.4) is 0 Å². The molecule has 0 fully saturated rings. The minimum absolute atomic E-state index is 0.775. The summed E-state index contributed by atoms with van der Waals surface area (Å²) >= 11 is 0. The van der Waals surface area contributed by atoms with Gasteiger partial charge < -0.3 is 15.0 Å². The van der Waals surface area contributed by atoms with Gasteiger partial charge in [0.25, 0.3) is 0 Å². The maximum Gasteiger partial charge on any atom is 0.146 e. The number of anilines is 1. The first-order valence-corrected chi connectivity index (χ1v) is 6.49. The SMILES string of the molecule is CCCNCc1cnc(N(C)CCCOC)cn1. The molecule has 1 rings (SSSR count). The highest BCUT2D eigenvalue weighted by molar-refractivity contribution is 5.34. The fourth-order valence-corrected chi connectivity index (χ4v) is 1.59. The highest BCUT2D eigenvalue weighted by Gasteiger charge is 2.03. The van der Waals surface area contributed by atoms with Crippen molar-refractivity contribution >= 4 is 5.82 Å². The fourth-order valence-electron chi connectivity index (χ4n) is 1.59. The van der Waals surface area contributed by atoms with E-state index in [0.29, 0.717) is 0 Å². The van der Waals surface area contributed by atoms with E-state index in [-0.39, 0.29) is 0 Å². The van der Waals surface area contributed by atoms with Crippen molar-refractivity contribution in [1.29, 1.82) is 0 Å². The minimum Gasteiger partial charge on any atom is -0.385 e. The van der Waals surface area contributed by atoms with Gasteiger partial charge in [0.1, 0.15) is 5.82 Å². The number of aromatic nitrogens is 2. The lowest BCUT2D eigenvalue weighted by atomic mass is 10.4. The molecule has 1 heterocycles. The molecule has 102 valence electrons. The van der Waals surface area contributed by atoms with Gasteiger partial charge in [-0.05, 0) is 19.4 Å². The molecular weight excluding hydrogens is 228 g/mol. The standard InChI is InChI=1S/C13H24N4O/c1-4-6-14-9-12-10-16-13(11-15-12)17(2)7-5-8-18-3/h10-11,14H,4-9H2,1-3H3. The molecule has 1 aromatic heterocycles. The minimum atomic E-state index is 0.775. The molecule has 0 aromatic carbocycles. The second-order valence-corrected chi connectivity index (χ2v) is 4.31. The van der Waals surface area contributed by atoms with Gasteiger partial charge in [0.15, 0.2) is 0 Å². The predicted octanol–water partition coefficient (Wildman–Crippen LogP) is 1.45. The summed E-state index contributed by atoms with van der Waals surface area (Å²) < 4.78 is 5.03. The Labute approximate surface area is 110 Å². The van der Waals surface area contributed by atoms with E-state index in [0.717, 1.165) is 50.6 Å². The average molecular weight is 252 g/mol. The summed E-state index contributed by atoms with van der Waals surface area (Å²) in [6, 6.07) is 0. The molecule has 0 aliphatic heterocycles. The molecule has 5 heteroatoms. The molecule has 0 unspecified atom stereocenters. The number of hydrogen-bond donors (Lipinski definition) is 1. The molecule has 0 spiro atoms. The average Bonchev–Trinajstić information content (AvgIpc) is 2.40. The van der Waals surface area contributed by atoms with Crippen molar-refractivity contribution in [3.63, 3.8) is 0 Å². The van der Waals surface area contributed by atoms with Crippen LogP contribution in [0.5, 0.6) is 0 Å². The van der Waals surface area contributed by atoms with Crippen LogP contribution in [0.4, 0.5) is 5.82 Å². The molecule has 1 N–H and O–H groups in total. The monoisotopic (exact) mass is 252 g/mol. The van der Waals surface area contributed by atoms with Crippen molar-refractivity contribution < 1.29 is 4.74 Å². The highest BCUT2D eigenvalue weighted by atomic mass is 16.5. The number of methoxy groups -OCH3 is 1. The molecule has 0 bridgehead atoms. The van der Waals surface area contributed by atoms with Crippen LogP contribution in [-0.4, -0.2) is 43.8 Å². The summed E-state index contributed by atoms with van der Waals surface area (Å²) in [7, 11) is 3.74. The van der Waals surface area contributed by atoms with Crippen LogP contribution in [0.15, 0.2) is 12.4 Å². The van der Waals surface area contributed by atoms with Crippen LogP contribution < -0.4 is 10.2 Å². The molecule has 5 nitrogen and oxygen atoms in total. The molecule has 0 aliphatic rings. The molecule has 1 aromatic rings. The van der Waals surface area contributed by atoms with Crippen molar-refractivity contribution in [3.05, 3.63) is 18.1 Å². The Kier molecular flexibility index (Phi) is 7.29. The third kappa shape index (κ3) is 5.42. The molecule has 0 radical (unpaired) electrons. The molecule has 0 saturated carbocycles. The quantitative estimate of drug-likeness (QED) is 0.674. The molecule has 0 amide bonds. The van der Waals surface area contributed by atoms with E-state index in [1.807, 2.05) is 19.4 Å². The van der Waals surface area contributed by atoms with Crippen LogP contribution in [0, 0.1) is 0 Å². The topological polar surface area (TPSA) is 50.3 Å². The van der Waals surface area contributed by atoms with Gasteiger partial charge in [0, 0.05) is 33.9 Å². The lowest BCUT2D eigenvalue weighted by Crippen LogP contribution is -2.21. The van der Waals surface area contributed by atoms with Crippen molar-refractivity contribution in [2.24, 2.45) is 0 Å². The van der Waals surface area contributed by atoms with E-state index in [9.17, 15) is 0 Å². The number of rotatable bonds is 9. The lowest BCUT2D eigenvalue weighted by molar-refractivity contribution is 0.196. The second-order valence-electron chi connectivity index (χ2n) is 4.31. The number of ether oxygens (including phenoxy) is 1. The fraction of sp³-hybridized carbons (Fsp3) is 0.692. The van der Waals surface area contributed by atoms with Gasteiger partial charge in [0.2, 0.25) is 0 Å². The van der Waals surface area contributed by atoms with Gasteiger partial charge in [-0.3, -0.25) is 4.98 Å². The van der Waals surface area contributed by atoms with Gasteiger partial charge in [-0.2, -0.15) is 0 Å². The van der Waals surface area contributed by atoms with E-state index in [1.54, 1.807) is 7.11 Å². The van der Waals surface area contributed by atoms with Crippen LogP contribution in [0.1, 0.15) is 25.5 Å². The predicted molar refractivity (Wildman–Crippen MR) is 73.8 cm³/mol. The zero-order chi connectivity index (χ0) is 13.2. The van der Waals surface area contributed by atoms with Crippen LogP contribution >= 0.6 is 0 Å². The van der Waals surface area contributed by atoms with Crippen molar-refractivity contribution in [1.82, 2.24) is 15.3 Å². The zero-order valence-corrected chi connectivity index (χ0v) is 11.6. The zero-order valence-electron chi connectivity index (χ0n) is 11.6. The molecular formula is C13H24N4O. The van der Waals surface area contributed by atoms with Gasteiger partial charge in [0.05, 0.1) is 18.1 Å². The maximum absolute atomic E-state index is 5.03. The number of hydrogen-bond acceptors (Lipinski definition) is 5. The first-order chi connectivity index (χ1) is 8.77. The van der Waals surface area contributed by atoms with Gasteiger partial charge in [-0.15, -0.1) is 0 Å². The highest BCUT2D eigenvalue weighted by Crippen LogP contribution is 2.07. The van der Waals surface area contributed by atoms with Crippen LogP contribution in [0.25, 0.3) is 0 Å². The molecule has 0 aliphatic carbocycles. The third-order valence-corrected chi connectivity index (χ3v) is 2.66. The summed E-state index contributed by atoms with van der Waals surface area (Å²) in [5, 5.41) is 3.31. The van der Waals surface area contributed by atoms with Crippen molar-refractivity contribution in [3.8, 4) is 0 Å². The largest absolute Gasteiger partial charge is 0.385 e. The number of nitrogens with zero attached hydrogens (tertiary/aromatic N) is 3. The Hall–Kier alpha value is -1.20. The normalized spacial score (nSPS) is 10.6. The smallest absolute Gasteiger partial charge is 0.146 e. The van der Waals surface area contributed by atoms with E-state index < -0.39 is 0 Å². The maximum atomic E-state index is 5.03. The number of nitrogens with one attached hydrogen (secondary N) is 1. The van der Waals surface area contributed by atoms with E-state index in [1.165, 1.54) is 0 Å². The van der Waals surface area contributed by atoms with Crippen molar-refractivity contribution in [2.45, 2.75) is 26.3 Å². The second kappa shape index (κ2) is 8.83. The Morgan fingerprint density at radius 3 is 2.78 bits per heavy atom. The van der Waals surface area contributed by atoms with Gasteiger partial charge in [-0.1, -0.05) is 6.92 Å². The van der Waals surface area contributed by atoms with Gasteiger partial charge >= 0.3 is 0 Å². The summed E-state index contributed by atoms with van der Waals surface area (Å²) in [5.41, 5.74) is 0.984. The Morgan fingerprint density at radius 1 is 1.33 bits per heavy atom. The lowest BCUT2D eigenvalue weighted by Gasteiger charge is -2.17. The Balaban J connectivity index is 2.38. The van der Waals surface area contributed by atoms with E-state index >= 15 is 0 Å².